The first-order chi connectivity index (χ1) is 7.24. The van der Waals surface area contributed by atoms with Crippen molar-refractivity contribution in [3.05, 3.63) is 16.0 Å². The van der Waals surface area contributed by atoms with Crippen molar-refractivity contribution >= 4 is 23.6 Å². The first-order valence-corrected chi connectivity index (χ1v) is 6.07. The Morgan fingerprint density at radius 3 is 3.00 bits per heavy atom. The maximum Gasteiger partial charge on any atom is 0.195 e. The highest BCUT2D eigenvalue weighted by Gasteiger charge is 2.12. The largest absolute Gasteiger partial charge is 0.303 e. The van der Waals surface area contributed by atoms with Crippen LogP contribution in [0.15, 0.2) is 5.51 Å². The highest BCUT2D eigenvalue weighted by molar-refractivity contribution is 7.71. The van der Waals surface area contributed by atoms with Crippen molar-refractivity contribution in [1.29, 1.82) is 0 Å². The van der Waals surface area contributed by atoms with Crippen molar-refractivity contribution in [2.75, 3.05) is 0 Å². The third-order valence-corrected chi connectivity index (χ3v) is 3.44. The summed E-state index contributed by atoms with van der Waals surface area (Å²) in [6.07, 6.45) is 2.07. The molecule has 0 atom stereocenters. The second-order valence-corrected chi connectivity index (χ2v) is 4.53. The molecule has 0 fully saturated rings. The quantitative estimate of drug-likeness (QED) is 0.839. The fourth-order valence-corrected chi connectivity index (χ4v) is 2.41. The molecular formula is C9H12N4S2. The molecule has 0 aliphatic carbocycles. The molecule has 15 heavy (non-hydrogen) atoms. The number of aryl methyl sites for hydroxylation is 1. The zero-order valence-electron chi connectivity index (χ0n) is 8.65. The predicted molar refractivity (Wildman–Crippen MR) is 63.5 cm³/mol. The SMILES string of the molecule is CCCc1ncsc1-c1n[nH]c(=S)n1C. The lowest BCUT2D eigenvalue weighted by Gasteiger charge is -1.99. The van der Waals surface area contributed by atoms with E-state index < -0.39 is 0 Å². The van der Waals surface area contributed by atoms with E-state index in [0.717, 1.165) is 29.2 Å². The summed E-state index contributed by atoms with van der Waals surface area (Å²) in [6.45, 7) is 2.15. The molecule has 0 aliphatic heterocycles. The lowest BCUT2D eigenvalue weighted by Crippen LogP contribution is -1.94. The Bertz CT molecular complexity index is 508. The maximum atomic E-state index is 5.09. The third kappa shape index (κ3) is 1.87. The minimum atomic E-state index is 0.640. The number of hydrogen-bond acceptors (Lipinski definition) is 4. The molecule has 0 radical (unpaired) electrons. The number of aromatic nitrogens is 4. The van der Waals surface area contributed by atoms with E-state index in [4.69, 9.17) is 12.2 Å². The van der Waals surface area contributed by atoms with Gasteiger partial charge in [-0.25, -0.2) is 4.98 Å². The fraction of sp³-hybridized carbons (Fsp3) is 0.444. The van der Waals surface area contributed by atoms with Gasteiger partial charge in [-0.15, -0.1) is 11.3 Å². The molecule has 0 spiro atoms. The van der Waals surface area contributed by atoms with Crippen molar-refractivity contribution in [2.45, 2.75) is 19.8 Å². The number of H-pyrrole nitrogens is 1. The van der Waals surface area contributed by atoms with Gasteiger partial charge in [-0.1, -0.05) is 13.3 Å². The van der Waals surface area contributed by atoms with Gasteiger partial charge in [-0.05, 0) is 18.6 Å². The molecule has 0 aliphatic rings. The van der Waals surface area contributed by atoms with Gasteiger partial charge in [-0.3, -0.25) is 5.10 Å². The standard InChI is InChI=1S/C9H12N4S2/c1-3-4-6-7(15-5-10-6)8-11-12-9(14)13(8)2/h5H,3-4H2,1-2H3,(H,12,14). The Hall–Kier alpha value is -1.01. The highest BCUT2D eigenvalue weighted by Crippen LogP contribution is 2.26. The average Bonchev–Trinajstić information content (AvgIpc) is 2.77. The van der Waals surface area contributed by atoms with Crippen LogP contribution in [0.2, 0.25) is 0 Å². The van der Waals surface area contributed by atoms with Crippen LogP contribution in [0.4, 0.5) is 0 Å². The molecule has 0 unspecified atom stereocenters. The monoisotopic (exact) mass is 240 g/mol. The molecule has 2 aromatic rings. The number of thiazole rings is 1. The van der Waals surface area contributed by atoms with Gasteiger partial charge in [-0.2, -0.15) is 5.10 Å². The number of rotatable bonds is 3. The van der Waals surface area contributed by atoms with E-state index in [1.54, 1.807) is 11.3 Å². The molecule has 0 aromatic carbocycles. The molecule has 2 aromatic heterocycles. The van der Waals surface area contributed by atoms with Crippen molar-refractivity contribution in [3.8, 4) is 10.7 Å². The summed E-state index contributed by atoms with van der Waals surface area (Å²) in [5.74, 6) is 0.881. The molecule has 0 saturated carbocycles. The summed E-state index contributed by atoms with van der Waals surface area (Å²) in [5, 5.41) is 7.01. The first kappa shape index (κ1) is 10.5. The summed E-state index contributed by atoms with van der Waals surface area (Å²) in [7, 11) is 1.91. The second kappa shape index (κ2) is 4.24. The zero-order chi connectivity index (χ0) is 10.8. The van der Waals surface area contributed by atoms with Gasteiger partial charge < -0.3 is 4.57 Å². The van der Waals surface area contributed by atoms with Gasteiger partial charge in [0.25, 0.3) is 0 Å². The van der Waals surface area contributed by atoms with Crippen LogP contribution in [-0.4, -0.2) is 19.7 Å². The van der Waals surface area contributed by atoms with E-state index in [2.05, 4.69) is 22.1 Å². The normalized spacial score (nSPS) is 10.8. The van der Waals surface area contributed by atoms with Crippen LogP contribution < -0.4 is 0 Å². The number of aromatic amines is 1. The van der Waals surface area contributed by atoms with E-state index in [-0.39, 0.29) is 0 Å². The second-order valence-electron chi connectivity index (χ2n) is 3.29. The van der Waals surface area contributed by atoms with Crippen molar-refractivity contribution < 1.29 is 0 Å². The maximum absolute atomic E-state index is 5.09. The predicted octanol–water partition coefficient (Wildman–Crippen LogP) is 2.55. The Labute approximate surface area is 97.0 Å². The summed E-state index contributed by atoms with van der Waals surface area (Å²) >= 11 is 6.69. The molecule has 0 saturated heterocycles. The molecule has 2 heterocycles. The minimum absolute atomic E-state index is 0.640. The molecule has 1 N–H and O–H groups in total. The number of nitrogens with zero attached hydrogens (tertiary/aromatic N) is 3. The van der Waals surface area contributed by atoms with Gasteiger partial charge in [0.2, 0.25) is 0 Å². The molecule has 80 valence electrons. The number of nitrogens with one attached hydrogen (secondary N) is 1. The molecule has 4 nitrogen and oxygen atoms in total. The van der Waals surface area contributed by atoms with E-state index in [1.807, 2.05) is 17.1 Å². The highest BCUT2D eigenvalue weighted by atomic mass is 32.1. The molecule has 6 heteroatoms. The van der Waals surface area contributed by atoms with Crippen LogP contribution in [0.3, 0.4) is 0 Å². The van der Waals surface area contributed by atoms with Crippen molar-refractivity contribution in [1.82, 2.24) is 19.7 Å². The number of hydrogen-bond donors (Lipinski definition) is 1. The van der Waals surface area contributed by atoms with Crippen LogP contribution in [0.5, 0.6) is 0 Å². The van der Waals surface area contributed by atoms with Crippen LogP contribution in [0.1, 0.15) is 19.0 Å². The minimum Gasteiger partial charge on any atom is -0.303 e. The third-order valence-electron chi connectivity index (χ3n) is 2.21. The van der Waals surface area contributed by atoms with Crippen LogP contribution >= 0.6 is 23.6 Å². The van der Waals surface area contributed by atoms with Gasteiger partial charge in [0.15, 0.2) is 10.6 Å². The smallest absolute Gasteiger partial charge is 0.195 e. The van der Waals surface area contributed by atoms with E-state index in [0.29, 0.717) is 4.77 Å². The molecule has 0 amide bonds. The Morgan fingerprint density at radius 1 is 1.60 bits per heavy atom. The Kier molecular flexibility index (Phi) is 2.97. The molecule has 2 rings (SSSR count). The molecular weight excluding hydrogens is 228 g/mol. The van der Waals surface area contributed by atoms with Gasteiger partial charge in [0, 0.05) is 7.05 Å². The summed E-state index contributed by atoms with van der Waals surface area (Å²) in [6, 6.07) is 0. The van der Waals surface area contributed by atoms with Crippen molar-refractivity contribution in [2.24, 2.45) is 7.05 Å². The van der Waals surface area contributed by atoms with Crippen molar-refractivity contribution in [3.63, 3.8) is 0 Å². The molecule has 0 bridgehead atoms. The van der Waals surface area contributed by atoms with Gasteiger partial charge >= 0.3 is 0 Å². The van der Waals surface area contributed by atoms with Crippen LogP contribution in [0, 0.1) is 4.77 Å². The van der Waals surface area contributed by atoms with E-state index in [9.17, 15) is 0 Å². The topological polar surface area (TPSA) is 46.5 Å². The lowest BCUT2D eigenvalue weighted by molar-refractivity contribution is 0.877. The first-order valence-electron chi connectivity index (χ1n) is 4.78. The van der Waals surface area contributed by atoms with Gasteiger partial charge in [0.05, 0.1) is 16.1 Å². The van der Waals surface area contributed by atoms with E-state index >= 15 is 0 Å². The van der Waals surface area contributed by atoms with Crippen LogP contribution in [0.25, 0.3) is 10.7 Å². The summed E-state index contributed by atoms with van der Waals surface area (Å²) in [4.78, 5) is 5.47. The summed E-state index contributed by atoms with van der Waals surface area (Å²) in [5.41, 5.74) is 2.97. The Balaban J connectivity index is 2.49. The fourth-order valence-electron chi connectivity index (χ4n) is 1.42. The average molecular weight is 240 g/mol. The van der Waals surface area contributed by atoms with Crippen LogP contribution in [-0.2, 0) is 13.5 Å². The summed E-state index contributed by atoms with van der Waals surface area (Å²) < 4.78 is 2.52. The zero-order valence-corrected chi connectivity index (χ0v) is 10.3. The van der Waals surface area contributed by atoms with E-state index in [1.165, 1.54) is 0 Å². The Morgan fingerprint density at radius 2 is 2.40 bits per heavy atom. The van der Waals surface area contributed by atoms with Gasteiger partial charge in [0.1, 0.15) is 0 Å². The lowest BCUT2D eigenvalue weighted by atomic mass is 10.2.